The molecule has 2 atom stereocenters. The highest BCUT2D eigenvalue weighted by Crippen LogP contribution is 2.36. The number of hydrogen-bond donors (Lipinski definition) is 4. The van der Waals surface area contributed by atoms with Gasteiger partial charge in [-0.1, -0.05) is 77.8 Å². The van der Waals surface area contributed by atoms with E-state index >= 15 is 0 Å². The van der Waals surface area contributed by atoms with Crippen LogP contribution in [0.5, 0.6) is 0 Å². The van der Waals surface area contributed by atoms with Gasteiger partial charge in [-0.2, -0.15) is 0 Å². The van der Waals surface area contributed by atoms with Crippen molar-refractivity contribution in [2.45, 2.75) is 30.8 Å². The highest BCUT2D eigenvalue weighted by atomic mass is 35.5. The first kappa shape index (κ1) is 26.8. The zero-order chi connectivity index (χ0) is 27.5. The second-order valence-electron chi connectivity index (χ2n) is 9.81. The number of amides is 3. The van der Waals surface area contributed by atoms with Crippen LogP contribution in [0.3, 0.4) is 0 Å². The molecule has 1 heterocycles. The van der Waals surface area contributed by atoms with Crippen molar-refractivity contribution in [3.63, 3.8) is 0 Å². The second kappa shape index (κ2) is 11.6. The van der Waals surface area contributed by atoms with Gasteiger partial charge in [-0.05, 0) is 41.7 Å². The van der Waals surface area contributed by atoms with Gasteiger partial charge in [-0.3, -0.25) is 4.79 Å². The number of carboxylic acids is 1. The Hall–Kier alpha value is -3.75. The molecule has 10 heteroatoms. The smallest absolute Gasteiger partial charge is 0.328 e. The summed E-state index contributed by atoms with van der Waals surface area (Å²) < 4.78 is 0. The van der Waals surface area contributed by atoms with E-state index in [9.17, 15) is 19.5 Å². The molecule has 0 saturated carbocycles. The summed E-state index contributed by atoms with van der Waals surface area (Å²) in [4.78, 5) is 39.4. The molecule has 2 aliphatic rings. The third-order valence-electron chi connectivity index (χ3n) is 7.28. The Kier molecular flexibility index (Phi) is 7.95. The molecule has 3 aromatic carbocycles. The van der Waals surface area contributed by atoms with Crippen molar-refractivity contribution >= 4 is 46.8 Å². The molecular formula is C29H28Cl2N4O4. The summed E-state index contributed by atoms with van der Waals surface area (Å²) in [5.74, 6) is -1.64. The number of nitrogens with one attached hydrogen (secondary N) is 3. The SMILES string of the molecule is O=C(NCC(NC(=O)c1c(Cl)cc(N2CC(c3ccccc3)C2)cc1Cl)C(=O)O)N[C@@H]1CCc2ccccc21. The molecule has 3 aromatic rings. The molecule has 39 heavy (non-hydrogen) atoms. The molecule has 0 aromatic heterocycles. The monoisotopic (exact) mass is 566 g/mol. The molecule has 1 unspecified atom stereocenters. The summed E-state index contributed by atoms with van der Waals surface area (Å²) in [6.07, 6.45) is 1.63. The second-order valence-corrected chi connectivity index (χ2v) is 10.6. The van der Waals surface area contributed by atoms with Gasteiger partial charge in [0.1, 0.15) is 6.04 Å². The van der Waals surface area contributed by atoms with Gasteiger partial charge in [-0.25, -0.2) is 9.59 Å². The lowest BCUT2D eigenvalue weighted by Gasteiger charge is -2.41. The van der Waals surface area contributed by atoms with Gasteiger partial charge in [-0.15, -0.1) is 0 Å². The quantitative estimate of drug-likeness (QED) is 0.314. The Morgan fingerprint density at radius 1 is 0.974 bits per heavy atom. The van der Waals surface area contributed by atoms with E-state index in [1.807, 2.05) is 42.5 Å². The molecule has 202 valence electrons. The molecule has 1 saturated heterocycles. The van der Waals surface area contributed by atoms with Gasteiger partial charge in [0.25, 0.3) is 5.91 Å². The largest absolute Gasteiger partial charge is 0.480 e. The first-order valence-electron chi connectivity index (χ1n) is 12.7. The molecule has 4 N–H and O–H groups in total. The highest BCUT2D eigenvalue weighted by molar-refractivity contribution is 6.40. The molecule has 1 fully saturated rings. The average molecular weight is 567 g/mol. The molecule has 0 bridgehead atoms. The number of carboxylic acid groups (broad SMARTS) is 1. The summed E-state index contributed by atoms with van der Waals surface area (Å²) in [7, 11) is 0. The number of urea groups is 1. The van der Waals surface area contributed by atoms with E-state index in [0.29, 0.717) is 5.92 Å². The van der Waals surface area contributed by atoms with Crippen molar-refractivity contribution in [2.24, 2.45) is 0 Å². The van der Waals surface area contributed by atoms with Crippen LogP contribution in [0, 0.1) is 0 Å². The van der Waals surface area contributed by atoms with Gasteiger partial charge >= 0.3 is 12.0 Å². The highest BCUT2D eigenvalue weighted by Gasteiger charge is 2.30. The van der Waals surface area contributed by atoms with Gasteiger partial charge < -0.3 is 26.0 Å². The molecule has 3 amide bonds. The maximum absolute atomic E-state index is 13.0. The zero-order valence-corrected chi connectivity index (χ0v) is 22.5. The van der Waals surface area contributed by atoms with Crippen LogP contribution in [0.2, 0.25) is 10.0 Å². The Bertz CT molecular complexity index is 1370. The van der Waals surface area contributed by atoms with Gasteiger partial charge in [0, 0.05) is 24.7 Å². The summed E-state index contributed by atoms with van der Waals surface area (Å²) in [5.41, 5.74) is 4.27. The van der Waals surface area contributed by atoms with Crippen molar-refractivity contribution in [1.29, 1.82) is 0 Å². The fourth-order valence-corrected chi connectivity index (χ4v) is 5.77. The predicted octanol–water partition coefficient (Wildman–Crippen LogP) is 4.77. The van der Waals surface area contributed by atoms with E-state index in [1.165, 1.54) is 11.1 Å². The summed E-state index contributed by atoms with van der Waals surface area (Å²) >= 11 is 12.9. The van der Waals surface area contributed by atoms with Gasteiger partial charge in [0.05, 0.1) is 28.2 Å². The number of rotatable bonds is 8. The standard InChI is InChI=1S/C29H28Cl2N4O4/c30-22-12-20(35-15-19(16-35)17-6-2-1-3-7-17)13-23(31)26(22)27(36)33-25(28(37)38)14-32-29(39)34-24-11-10-18-8-4-5-9-21(18)24/h1-9,12-13,19,24-25H,10-11,14-16H2,(H,33,36)(H,37,38)(H2,32,34,39)/t24-,25?/m1/s1. The minimum Gasteiger partial charge on any atom is -0.480 e. The van der Waals surface area contributed by atoms with Gasteiger partial charge in [0.2, 0.25) is 0 Å². The third kappa shape index (κ3) is 5.97. The van der Waals surface area contributed by atoms with Crippen LogP contribution in [-0.4, -0.2) is 48.7 Å². The number of benzene rings is 3. The van der Waals surface area contributed by atoms with E-state index in [1.54, 1.807) is 12.1 Å². The lowest BCUT2D eigenvalue weighted by Crippen LogP contribution is -2.50. The summed E-state index contributed by atoms with van der Waals surface area (Å²) in [6.45, 7) is 1.27. The lowest BCUT2D eigenvalue weighted by molar-refractivity contribution is -0.139. The number of hydrogen-bond acceptors (Lipinski definition) is 4. The fourth-order valence-electron chi connectivity index (χ4n) is 5.13. The molecule has 0 radical (unpaired) electrons. The normalized spacial score (nSPS) is 17.1. The number of aryl methyl sites for hydroxylation is 1. The van der Waals surface area contributed by atoms with E-state index in [-0.39, 0.29) is 28.2 Å². The van der Waals surface area contributed by atoms with E-state index < -0.39 is 23.9 Å². The Morgan fingerprint density at radius 2 is 1.64 bits per heavy atom. The van der Waals surface area contributed by atoms with Crippen LogP contribution < -0.4 is 20.9 Å². The molecule has 8 nitrogen and oxygen atoms in total. The fraction of sp³-hybridized carbons (Fsp3) is 0.276. The number of aliphatic carboxylic acids is 1. The number of nitrogens with zero attached hydrogens (tertiary/aromatic N) is 1. The van der Waals surface area contributed by atoms with Crippen LogP contribution in [0.1, 0.15) is 45.4 Å². The molecule has 0 spiro atoms. The topological polar surface area (TPSA) is 111 Å². The van der Waals surface area contributed by atoms with Crippen molar-refractivity contribution in [1.82, 2.24) is 16.0 Å². The number of carbonyl (C=O) groups is 3. The van der Waals surface area contributed by atoms with Crippen LogP contribution >= 0.6 is 23.2 Å². The van der Waals surface area contributed by atoms with Crippen LogP contribution in [0.15, 0.2) is 66.7 Å². The molecule has 1 aliphatic heterocycles. The minimum absolute atomic E-state index is 0.0134. The Balaban J connectivity index is 1.17. The third-order valence-corrected chi connectivity index (χ3v) is 7.88. The average Bonchev–Trinajstić information content (AvgIpc) is 3.28. The van der Waals surface area contributed by atoms with E-state index in [0.717, 1.165) is 37.2 Å². The predicted molar refractivity (Wildman–Crippen MR) is 151 cm³/mol. The molecule has 1 aliphatic carbocycles. The van der Waals surface area contributed by atoms with Crippen LogP contribution in [0.4, 0.5) is 10.5 Å². The summed E-state index contributed by atoms with van der Waals surface area (Å²) in [6, 6.07) is 19.3. The van der Waals surface area contributed by atoms with E-state index in [2.05, 4.69) is 33.0 Å². The summed E-state index contributed by atoms with van der Waals surface area (Å²) in [5, 5.41) is 17.7. The van der Waals surface area contributed by atoms with Crippen LogP contribution in [-0.2, 0) is 11.2 Å². The minimum atomic E-state index is -1.38. The number of halogens is 2. The number of carbonyl (C=O) groups excluding carboxylic acids is 2. The zero-order valence-electron chi connectivity index (χ0n) is 21.0. The van der Waals surface area contributed by atoms with Crippen molar-refractivity contribution in [3.8, 4) is 0 Å². The maximum atomic E-state index is 13.0. The van der Waals surface area contributed by atoms with Crippen molar-refractivity contribution in [3.05, 3.63) is 99.0 Å². The number of anilines is 1. The number of fused-ring (bicyclic) bond motifs is 1. The Morgan fingerprint density at radius 3 is 2.33 bits per heavy atom. The first-order chi connectivity index (χ1) is 18.8. The van der Waals surface area contributed by atoms with Gasteiger partial charge in [0.15, 0.2) is 0 Å². The Labute approximate surface area is 236 Å². The first-order valence-corrected chi connectivity index (χ1v) is 13.5. The molecular weight excluding hydrogens is 539 g/mol. The van der Waals surface area contributed by atoms with Crippen molar-refractivity contribution < 1.29 is 19.5 Å². The van der Waals surface area contributed by atoms with E-state index in [4.69, 9.17) is 23.2 Å². The van der Waals surface area contributed by atoms with Crippen LogP contribution in [0.25, 0.3) is 0 Å². The molecule has 5 rings (SSSR count). The maximum Gasteiger partial charge on any atom is 0.328 e. The lowest BCUT2D eigenvalue weighted by atomic mass is 9.91. The van der Waals surface area contributed by atoms with Crippen molar-refractivity contribution in [2.75, 3.05) is 24.5 Å².